The van der Waals surface area contributed by atoms with Crippen LogP contribution in [0.5, 0.6) is 0 Å². The molecule has 0 aliphatic rings. The number of rotatable bonds is 4. The van der Waals surface area contributed by atoms with Gasteiger partial charge in [-0.3, -0.25) is 5.41 Å². The van der Waals surface area contributed by atoms with Gasteiger partial charge >= 0.3 is 0 Å². The number of hydrogen-bond acceptors (Lipinski definition) is 3. The van der Waals surface area contributed by atoms with Gasteiger partial charge in [-0.25, -0.2) is 9.97 Å². The summed E-state index contributed by atoms with van der Waals surface area (Å²) in [7, 11) is 0. The third-order valence-corrected chi connectivity index (χ3v) is 3.92. The molecular formula is C18H16N6. The fourth-order valence-corrected chi connectivity index (χ4v) is 2.72. The summed E-state index contributed by atoms with van der Waals surface area (Å²) in [4.78, 5) is 12.3. The van der Waals surface area contributed by atoms with E-state index < -0.39 is 0 Å². The Balaban J connectivity index is 1.73. The van der Waals surface area contributed by atoms with Crippen LogP contribution >= 0.6 is 0 Å². The number of imidazole rings is 2. The largest absolute Gasteiger partial charge is 0.384 e. The molecule has 6 nitrogen and oxygen atoms in total. The topological polar surface area (TPSA) is 96.4 Å². The van der Waals surface area contributed by atoms with Gasteiger partial charge in [0.15, 0.2) is 11.6 Å². The molecule has 4 N–H and O–H groups in total. The number of fused-ring (bicyclic) bond motifs is 1. The highest BCUT2D eigenvalue weighted by Crippen LogP contribution is 2.21. The number of nitrogens with two attached hydrogens (primary N) is 1. The fourth-order valence-electron chi connectivity index (χ4n) is 2.72. The van der Waals surface area contributed by atoms with Gasteiger partial charge in [-0.1, -0.05) is 30.3 Å². The van der Waals surface area contributed by atoms with Gasteiger partial charge in [0.1, 0.15) is 5.84 Å². The number of H-pyrrole nitrogens is 1. The average Bonchev–Trinajstić information content (AvgIpc) is 3.21. The SMILES string of the molecule is N=C(N)c1ccc2nc(-c3nccn3Cc3ccccc3)[nH]c2c1. The Morgan fingerprint density at radius 1 is 1.17 bits per heavy atom. The average molecular weight is 316 g/mol. The maximum absolute atomic E-state index is 7.54. The van der Waals surface area contributed by atoms with E-state index in [4.69, 9.17) is 11.1 Å². The monoisotopic (exact) mass is 316 g/mol. The van der Waals surface area contributed by atoms with E-state index in [-0.39, 0.29) is 5.84 Å². The molecule has 0 radical (unpaired) electrons. The van der Waals surface area contributed by atoms with Crippen molar-refractivity contribution in [3.05, 3.63) is 72.1 Å². The maximum atomic E-state index is 7.54. The molecule has 2 aromatic heterocycles. The standard InChI is InChI=1S/C18H16N6/c19-16(20)13-6-7-14-15(10-13)23-17(22-14)18-21-8-9-24(18)11-12-4-2-1-3-5-12/h1-10H,11H2,(H3,19,20)(H,22,23). The molecule has 2 aromatic carbocycles. The first-order valence-corrected chi connectivity index (χ1v) is 7.60. The zero-order valence-corrected chi connectivity index (χ0v) is 12.9. The van der Waals surface area contributed by atoms with Gasteiger partial charge in [0, 0.05) is 24.5 Å². The number of aromatic nitrogens is 4. The minimum atomic E-state index is 0.0404. The van der Waals surface area contributed by atoms with Crippen LogP contribution in [0.4, 0.5) is 0 Å². The Morgan fingerprint density at radius 2 is 2.00 bits per heavy atom. The number of nitrogens with zero attached hydrogens (tertiary/aromatic N) is 3. The number of hydrogen-bond donors (Lipinski definition) is 3. The van der Waals surface area contributed by atoms with Crippen molar-refractivity contribution in [1.82, 2.24) is 19.5 Å². The van der Waals surface area contributed by atoms with E-state index in [1.807, 2.05) is 36.5 Å². The van der Waals surface area contributed by atoms with Gasteiger partial charge in [-0.2, -0.15) is 0 Å². The van der Waals surface area contributed by atoms with E-state index in [0.717, 1.165) is 23.4 Å². The first kappa shape index (κ1) is 14.2. The first-order chi connectivity index (χ1) is 11.7. The number of amidine groups is 1. The van der Waals surface area contributed by atoms with Crippen LogP contribution in [-0.4, -0.2) is 25.4 Å². The van der Waals surface area contributed by atoms with Crippen LogP contribution in [0.15, 0.2) is 60.9 Å². The van der Waals surface area contributed by atoms with Gasteiger partial charge in [0.25, 0.3) is 0 Å². The van der Waals surface area contributed by atoms with E-state index in [2.05, 4.69) is 31.7 Å². The minimum Gasteiger partial charge on any atom is -0.384 e. The molecule has 0 amide bonds. The highest BCUT2D eigenvalue weighted by Gasteiger charge is 2.12. The second-order valence-electron chi connectivity index (χ2n) is 5.60. The van der Waals surface area contributed by atoms with Crippen molar-refractivity contribution in [2.75, 3.05) is 0 Å². The number of nitrogens with one attached hydrogen (secondary N) is 2. The second-order valence-corrected chi connectivity index (χ2v) is 5.60. The summed E-state index contributed by atoms with van der Waals surface area (Å²) in [6.45, 7) is 0.728. The van der Waals surface area contributed by atoms with Gasteiger partial charge in [-0.05, 0) is 23.8 Å². The highest BCUT2D eigenvalue weighted by atomic mass is 15.1. The van der Waals surface area contributed by atoms with E-state index in [1.165, 1.54) is 5.56 Å². The van der Waals surface area contributed by atoms with Crippen LogP contribution in [0, 0.1) is 5.41 Å². The lowest BCUT2D eigenvalue weighted by Crippen LogP contribution is -2.10. The molecule has 0 saturated carbocycles. The Kier molecular flexibility index (Phi) is 3.35. The molecule has 0 bridgehead atoms. The minimum absolute atomic E-state index is 0.0404. The zero-order valence-electron chi connectivity index (χ0n) is 12.9. The molecule has 6 heteroatoms. The predicted molar refractivity (Wildman–Crippen MR) is 93.9 cm³/mol. The van der Waals surface area contributed by atoms with E-state index in [0.29, 0.717) is 11.4 Å². The third kappa shape index (κ3) is 2.54. The molecule has 0 aliphatic carbocycles. The van der Waals surface area contributed by atoms with Gasteiger partial charge in [-0.15, -0.1) is 0 Å². The molecule has 118 valence electrons. The molecular weight excluding hydrogens is 300 g/mol. The third-order valence-electron chi connectivity index (χ3n) is 3.92. The van der Waals surface area contributed by atoms with Crippen LogP contribution in [0.2, 0.25) is 0 Å². The molecule has 0 unspecified atom stereocenters. The maximum Gasteiger partial charge on any atom is 0.176 e. The van der Waals surface area contributed by atoms with Crippen molar-refractivity contribution < 1.29 is 0 Å². The molecule has 4 aromatic rings. The van der Waals surface area contributed by atoms with Crippen molar-refractivity contribution in [2.24, 2.45) is 5.73 Å². The molecule has 0 atom stereocenters. The lowest BCUT2D eigenvalue weighted by atomic mass is 10.2. The lowest BCUT2D eigenvalue weighted by molar-refractivity contribution is 0.801. The van der Waals surface area contributed by atoms with Crippen LogP contribution in [0.25, 0.3) is 22.7 Å². The first-order valence-electron chi connectivity index (χ1n) is 7.60. The lowest BCUT2D eigenvalue weighted by Gasteiger charge is -2.05. The van der Waals surface area contributed by atoms with E-state index in [9.17, 15) is 0 Å². The number of aromatic amines is 1. The van der Waals surface area contributed by atoms with Crippen molar-refractivity contribution in [3.8, 4) is 11.6 Å². The molecule has 0 aliphatic heterocycles. The van der Waals surface area contributed by atoms with Crippen molar-refractivity contribution in [2.45, 2.75) is 6.54 Å². The molecule has 0 saturated heterocycles. The molecule has 2 heterocycles. The summed E-state index contributed by atoms with van der Waals surface area (Å²) < 4.78 is 2.05. The predicted octanol–water partition coefficient (Wildman–Crippen LogP) is 2.76. The van der Waals surface area contributed by atoms with Crippen LogP contribution in [0.3, 0.4) is 0 Å². The highest BCUT2D eigenvalue weighted by molar-refractivity contribution is 5.98. The summed E-state index contributed by atoms with van der Waals surface area (Å²) in [5.74, 6) is 1.52. The van der Waals surface area contributed by atoms with Crippen LogP contribution in [-0.2, 0) is 6.54 Å². The summed E-state index contributed by atoms with van der Waals surface area (Å²) in [5.41, 5.74) is 9.08. The number of nitrogen functional groups attached to an aromatic ring is 1. The fraction of sp³-hybridized carbons (Fsp3) is 0.0556. The molecule has 0 fully saturated rings. The Morgan fingerprint density at radius 3 is 2.79 bits per heavy atom. The molecule has 4 rings (SSSR count). The molecule has 24 heavy (non-hydrogen) atoms. The smallest absolute Gasteiger partial charge is 0.176 e. The quantitative estimate of drug-likeness (QED) is 0.399. The van der Waals surface area contributed by atoms with Crippen LogP contribution in [0.1, 0.15) is 11.1 Å². The summed E-state index contributed by atoms with van der Waals surface area (Å²) in [5, 5.41) is 7.54. The Hall–Kier alpha value is -3.41. The summed E-state index contributed by atoms with van der Waals surface area (Å²) in [6.07, 6.45) is 3.71. The van der Waals surface area contributed by atoms with Crippen LogP contribution < -0.4 is 5.73 Å². The van der Waals surface area contributed by atoms with Crippen molar-refractivity contribution in [1.29, 1.82) is 5.41 Å². The number of benzene rings is 2. The van der Waals surface area contributed by atoms with Crippen molar-refractivity contribution >= 4 is 16.9 Å². The normalized spacial score (nSPS) is 11.0. The summed E-state index contributed by atoms with van der Waals surface area (Å²) in [6, 6.07) is 15.7. The second kappa shape index (κ2) is 5.66. The van der Waals surface area contributed by atoms with Gasteiger partial charge in [0.2, 0.25) is 0 Å². The van der Waals surface area contributed by atoms with Gasteiger partial charge < -0.3 is 15.3 Å². The summed E-state index contributed by atoms with van der Waals surface area (Å²) >= 11 is 0. The van der Waals surface area contributed by atoms with E-state index >= 15 is 0 Å². The van der Waals surface area contributed by atoms with Gasteiger partial charge in [0.05, 0.1) is 11.0 Å². The molecule has 0 spiro atoms. The van der Waals surface area contributed by atoms with E-state index in [1.54, 1.807) is 12.3 Å². The Bertz CT molecular complexity index is 1010. The van der Waals surface area contributed by atoms with Crippen molar-refractivity contribution in [3.63, 3.8) is 0 Å². The Labute approximate surface area is 138 Å². The zero-order chi connectivity index (χ0) is 16.5.